The predicted octanol–water partition coefficient (Wildman–Crippen LogP) is 4.87. The third-order valence-electron chi connectivity index (χ3n) is 5.70. The number of amides is 1. The van der Waals surface area contributed by atoms with E-state index in [4.69, 9.17) is 11.6 Å². The Hall–Kier alpha value is -3.97. The second-order valence-electron chi connectivity index (χ2n) is 9.42. The Labute approximate surface area is 207 Å². The molecule has 5 rings (SSSR count). The molecule has 5 aromatic rings. The van der Waals surface area contributed by atoms with Crippen molar-refractivity contribution in [2.24, 2.45) is 0 Å². The summed E-state index contributed by atoms with van der Waals surface area (Å²) in [6.07, 6.45) is 0. The summed E-state index contributed by atoms with van der Waals surface area (Å²) in [4.78, 5) is 27.9. The first-order valence-electron chi connectivity index (χ1n) is 11.3. The molecule has 0 bridgehead atoms. The first-order valence-corrected chi connectivity index (χ1v) is 11.6. The molecule has 2 aromatic heterocycles. The number of aromatic nitrogens is 4. The molecule has 0 aliphatic carbocycles. The lowest BCUT2D eigenvalue weighted by Gasteiger charge is -2.27. The smallest absolute Gasteiger partial charge is 0.280 e. The van der Waals surface area contributed by atoms with Crippen LogP contribution in [0.2, 0.25) is 5.02 Å². The number of nitrogens with zero attached hydrogens (tertiary/aromatic N) is 4. The van der Waals surface area contributed by atoms with Crippen LogP contribution in [0.5, 0.6) is 0 Å². The molecule has 0 aliphatic heterocycles. The highest BCUT2D eigenvalue weighted by Gasteiger charge is 2.30. The summed E-state index contributed by atoms with van der Waals surface area (Å²) in [6.45, 7) is 5.72. The number of carbonyl (C=O) groups excluding carboxylic acids is 1. The maximum absolute atomic E-state index is 14.2. The molecule has 0 fully saturated rings. The number of benzene rings is 3. The number of hydrogen-bond donors (Lipinski definition) is 1. The van der Waals surface area contributed by atoms with Crippen LogP contribution in [0.3, 0.4) is 0 Å². The highest BCUT2D eigenvalue weighted by Crippen LogP contribution is 2.28. The highest BCUT2D eigenvalue weighted by molar-refractivity contribution is 6.30. The number of carbonyl (C=O) groups is 1. The lowest BCUT2D eigenvalue weighted by atomic mass is 10.0. The van der Waals surface area contributed by atoms with Crippen molar-refractivity contribution >= 4 is 34.1 Å². The fourth-order valence-corrected chi connectivity index (χ4v) is 4.39. The van der Waals surface area contributed by atoms with Crippen LogP contribution in [0.4, 0.5) is 0 Å². The van der Waals surface area contributed by atoms with Crippen LogP contribution in [0.15, 0.2) is 83.7 Å². The van der Waals surface area contributed by atoms with Crippen LogP contribution in [-0.2, 0) is 4.79 Å². The monoisotopic (exact) mass is 485 g/mol. The van der Waals surface area contributed by atoms with Gasteiger partial charge in [0.2, 0.25) is 5.91 Å². The molecule has 0 aliphatic rings. The Balaban J connectivity index is 1.87. The molecule has 1 unspecified atom stereocenters. The molecule has 8 heteroatoms. The number of nitrogens with one attached hydrogen (secondary N) is 1. The molecule has 0 spiro atoms. The second-order valence-corrected chi connectivity index (χ2v) is 9.86. The van der Waals surface area contributed by atoms with E-state index in [0.29, 0.717) is 32.8 Å². The maximum Gasteiger partial charge on any atom is 0.280 e. The standard InChI is InChI=1S/C27H24ClN5O2/c1-27(2,3)29-25(34)23(18-13-15-19(28)16-14-18)32-20-11-7-8-12-21(20)33-24(26(32)35)22(30-31-33)17-9-5-4-6-10-17/h4-16,23H,1-3H3,(H,29,34). The molecular weight excluding hydrogens is 462 g/mol. The third-order valence-corrected chi connectivity index (χ3v) is 5.95. The van der Waals surface area contributed by atoms with Crippen LogP contribution in [0.1, 0.15) is 32.4 Å². The average Bonchev–Trinajstić information content (AvgIpc) is 3.28. The fraction of sp³-hybridized carbons (Fsp3) is 0.185. The minimum atomic E-state index is -0.938. The Morgan fingerprint density at radius 1 is 0.914 bits per heavy atom. The van der Waals surface area contributed by atoms with Gasteiger partial charge in [0.25, 0.3) is 5.56 Å². The minimum absolute atomic E-state index is 0.301. The van der Waals surface area contributed by atoms with Crippen molar-refractivity contribution in [1.82, 2.24) is 24.7 Å². The molecule has 176 valence electrons. The SMILES string of the molecule is CC(C)(C)NC(=O)C(c1ccc(Cl)cc1)n1c(=O)c2c(-c3ccccc3)nnn2c2ccccc21. The lowest BCUT2D eigenvalue weighted by molar-refractivity contribution is -0.124. The number of hydrogen-bond acceptors (Lipinski definition) is 4. The van der Waals surface area contributed by atoms with E-state index in [1.165, 1.54) is 4.57 Å². The molecule has 35 heavy (non-hydrogen) atoms. The summed E-state index contributed by atoms with van der Waals surface area (Å²) in [7, 11) is 0. The Morgan fingerprint density at radius 3 is 2.20 bits per heavy atom. The molecule has 7 nitrogen and oxygen atoms in total. The van der Waals surface area contributed by atoms with E-state index in [1.807, 2.05) is 75.4 Å². The average molecular weight is 486 g/mol. The van der Waals surface area contributed by atoms with E-state index in [0.717, 1.165) is 5.56 Å². The summed E-state index contributed by atoms with van der Waals surface area (Å²) in [6, 6.07) is 22.8. The van der Waals surface area contributed by atoms with Crippen molar-refractivity contribution in [2.45, 2.75) is 32.4 Å². The van der Waals surface area contributed by atoms with Gasteiger partial charge in [-0.05, 0) is 50.6 Å². The number of para-hydroxylation sites is 2. The van der Waals surface area contributed by atoms with Gasteiger partial charge in [-0.1, -0.05) is 71.4 Å². The molecular formula is C27H24ClN5O2. The second kappa shape index (κ2) is 8.67. The van der Waals surface area contributed by atoms with E-state index in [9.17, 15) is 9.59 Å². The molecule has 1 amide bonds. The van der Waals surface area contributed by atoms with E-state index in [2.05, 4.69) is 15.6 Å². The zero-order chi connectivity index (χ0) is 24.7. The Kier molecular flexibility index (Phi) is 5.65. The van der Waals surface area contributed by atoms with Crippen LogP contribution in [0.25, 0.3) is 27.8 Å². The van der Waals surface area contributed by atoms with E-state index in [-0.39, 0.29) is 11.5 Å². The molecule has 0 saturated carbocycles. The number of rotatable bonds is 4. The summed E-state index contributed by atoms with van der Waals surface area (Å²) in [5.41, 5.74) is 2.54. The Morgan fingerprint density at radius 2 is 1.54 bits per heavy atom. The first-order chi connectivity index (χ1) is 16.7. The van der Waals surface area contributed by atoms with Crippen LogP contribution < -0.4 is 10.9 Å². The van der Waals surface area contributed by atoms with Gasteiger partial charge in [-0.3, -0.25) is 14.2 Å². The fourth-order valence-electron chi connectivity index (χ4n) is 4.26. The van der Waals surface area contributed by atoms with Crippen LogP contribution in [0, 0.1) is 0 Å². The van der Waals surface area contributed by atoms with Crippen LogP contribution in [-0.4, -0.2) is 30.8 Å². The summed E-state index contributed by atoms with van der Waals surface area (Å²) < 4.78 is 3.09. The number of fused-ring (bicyclic) bond motifs is 3. The zero-order valence-electron chi connectivity index (χ0n) is 19.6. The quantitative estimate of drug-likeness (QED) is 0.394. The topological polar surface area (TPSA) is 81.3 Å². The van der Waals surface area contributed by atoms with Gasteiger partial charge in [0.1, 0.15) is 11.7 Å². The largest absolute Gasteiger partial charge is 0.349 e. The molecule has 0 radical (unpaired) electrons. The maximum atomic E-state index is 14.2. The van der Waals surface area contributed by atoms with E-state index < -0.39 is 11.6 Å². The van der Waals surface area contributed by atoms with Crippen molar-refractivity contribution in [3.63, 3.8) is 0 Å². The van der Waals surface area contributed by atoms with Crippen molar-refractivity contribution in [1.29, 1.82) is 0 Å². The summed E-state index contributed by atoms with van der Waals surface area (Å²) in [5.74, 6) is -0.301. The van der Waals surface area contributed by atoms with Crippen molar-refractivity contribution in [3.05, 3.63) is 99.8 Å². The highest BCUT2D eigenvalue weighted by atomic mass is 35.5. The summed E-state index contributed by atoms with van der Waals surface area (Å²) in [5, 5.41) is 12.2. The van der Waals surface area contributed by atoms with E-state index >= 15 is 0 Å². The van der Waals surface area contributed by atoms with E-state index in [1.54, 1.807) is 28.8 Å². The van der Waals surface area contributed by atoms with Gasteiger partial charge in [0.05, 0.1) is 11.0 Å². The van der Waals surface area contributed by atoms with Crippen molar-refractivity contribution in [2.75, 3.05) is 0 Å². The van der Waals surface area contributed by atoms with Gasteiger partial charge < -0.3 is 5.32 Å². The van der Waals surface area contributed by atoms with Crippen molar-refractivity contribution < 1.29 is 4.79 Å². The predicted molar refractivity (Wildman–Crippen MR) is 138 cm³/mol. The number of halogens is 1. The zero-order valence-corrected chi connectivity index (χ0v) is 20.3. The normalized spacial score (nSPS) is 12.7. The van der Waals surface area contributed by atoms with Crippen LogP contribution >= 0.6 is 11.6 Å². The molecule has 0 saturated heterocycles. The molecule has 1 N–H and O–H groups in total. The van der Waals surface area contributed by atoms with Gasteiger partial charge in [0.15, 0.2) is 5.52 Å². The Bertz CT molecular complexity index is 1600. The van der Waals surface area contributed by atoms with Gasteiger partial charge in [0, 0.05) is 16.1 Å². The minimum Gasteiger partial charge on any atom is -0.349 e. The molecule has 3 aromatic carbocycles. The lowest BCUT2D eigenvalue weighted by Crippen LogP contribution is -2.46. The molecule has 2 heterocycles. The van der Waals surface area contributed by atoms with Crippen molar-refractivity contribution in [3.8, 4) is 11.3 Å². The van der Waals surface area contributed by atoms with Gasteiger partial charge in [-0.15, -0.1) is 5.10 Å². The summed E-state index contributed by atoms with van der Waals surface area (Å²) >= 11 is 6.14. The molecule has 1 atom stereocenters. The van der Waals surface area contributed by atoms with Gasteiger partial charge in [-0.2, -0.15) is 0 Å². The van der Waals surface area contributed by atoms with Gasteiger partial charge >= 0.3 is 0 Å². The first kappa shape index (κ1) is 22.8. The third kappa shape index (κ3) is 4.19. The van der Waals surface area contributed by atoms with Gasteiger partial charge in [-0.25, -0.2) is 4.52 Å².